The fraction of sp³-hybridized carbons (Fsp3) is 0.889. The molecule has 1 atom stereocenters. The number of methoxy groups -OCH3 is 1. The van der Waals surface area contributed by atoms with Crippen LogP contribution in [0.5, 0.6) is 0 Å². The van der Waals surface area contributed by atoms with Gasteiger partial charge in [-0.2, -0.15) is 0 Å². The van der Waals surface area contributed by atoms with Crippen molar-refractivity contribution in [2.24, 2.45) is 5.73 Å². The Morgan fingerprint density at radius 1 is 1.57 bits per heavy atom. The lowest BCUT2D eigenvalue weighted by atomic mass is 10.1. The Morgan fingerprint density at radius 3 is 2.36 bits per heavy atom. The summed E-state index contributed by atoms with van der Waals surface area (Å²) < 4.78 is 6.92. The zero-order chi connectivity index (χ0) is 11.1. The van der Waals surface area contributed by atoms with Gasteiger partial charge in [0, 0.05) is 7.11 Å². The number of amides is 1. The van der Waals surface area contributed by atoms with E-state index in [-0.39, 0.29) is 5.91 Å². The minimum Gasteiger partial charge on any atom is -0.361 e. The molecule has 1 heterocycles. The molecule has 0 radical (unpaired) electrons. The lowest BCUT2D eigenvalue weighted by molar-refractivity contribution is -0.170. The third-order valence-corrected chi connectivity index (χ3v) is 8.05. The number of ether oxygens (including phenoxy) is 1. The van der Waals surface area contributed by atoms with Crippen LogP contribution in [-0.2, 0) is 9.53 Å². The zero-order valence-corrected chi connectivity index (χ0v) is 10.6. The summed E-state index contributed by atoms with van der Waals surface area (Å²) in [5.74, 6) is -0.0506. The van der Waals surface area contributed by atoms with E-state index in [9.17, 15) is 4.79 Å². The van der Waals surface area contributed by atoms with Gasteiger partial charge in [-0.3, -0.25) is 10.5 Å². The van der Waals surface area contributed by atoms with Gasteiger partial charge in [0.05, 0.1) is 6.54 Å². The molecule has 1 saturated heterocycles. The number of hydrogen-bond acceptors (Lipinski definition) is 3. The van der Waals surface area contributed by atoms with Crippen molar-refractivity contribution in [1.82, 2.24) is 4.57 Å². The van der Waals surface area contributed by atoms with Crippen LogP contribution >= 0.6 is 0 Å². The van der Waals surface area contributed by atoms with Gasteiger partial charge in [-0.05, 0) is 5.54 Å². The highest BCUT2D eigenvalue weighted by Gasteiger charge is 2.55. The summed E-state index contributed by atoms with van der Waals surface area (Å²) in [7, 11) is -0.156. The van der Waals surface area contributed by atoms with Crippen molar-refractivity contribution in [3.63, 3.8) is 0 Å². The molecule has 1 fully saturated rings. The third kappa shape index (κ3) is 1.49. The molecule has 1 aliphatic rings. The highest BCUT2D eigenvalue weighted by molar-refractivity contribution is 6.78. The van der Waals surface area contributed by atoms with Crippen LogP contribution in [0.4, 0.5) is 0 Å². The smallest absolute Gasteiger partial charge is 0.264 e. The second kappa shape index (κ2) is 3.32. The molecule has 14 heavy (non-hydrogen) atoms. The quantitative estimate of drug-likeness (QED) is 0.430. The molecule has 1 aliphatic heterocycles. The molecule has 5 heteroatoms. The fourth-order valence-corrected chi connectivity index (χ4v) is 3.42. The van der Waals surface area contributed by atoms with Gasteiger partial charge in [0.1, 0.15) is 0 Å². The molecule has 1 amide bonds. The van der Waals surface area contributed by atoms with Gasteiger partial charge in [-0.25, -0.2) is 0 Å². The SMILES string of the molecule is COC1(N)CN([Si](C)(C)C(C)C)C1=O. The Morgan fingerprint density at radius 2 is 2.07 bits per heavy atom. The third-order valence-electron chi connectivity index (χ3n) is 3.47. The van der Waals surface area contributed by atoms with E-state index < -0.39 is 14.0 Å². The van der Waals surface area contributed by atoms with Crippen molar-refractivity contribution in [1.29, 1.82) is 0 Å². The molecule has 0 bridgehead atoms. The molecule has 0 saturated carbocycles. The van der Waals surface area contributed by atoms with Crippen molar-refractivity contribution >= 4 is 14.1 Å². The Hall–Kier alpha value is -0.393. The van der Waals surface area contributed by atoms with Crippen molar-refractivity contribution < 1.29 is 9.53 Å². The van der Waals surface area contributed by atoms with Crippen LogP contribution in [0.3, 0.4) is 0 Å². The number of carbonyl (C=O) groups excluding carboxylic acids is 1. The molecular formula is C9H20N2O2Si. The summed E-state index contributed by atoms with van der Waals surface area (Å²) in [6.45, 7) is 9.22. The average Bonchev–Trinajstić information content (AvgIpc) is 2.12. The molecule has 1 rings (SSSR count). The molecule has 4 nitrogen and oxygen atoms in total. The second-order valence-electron chi connectivity index (χ2n) is 4.79. The minimum atomic E-state index is -1.64. The lowest BCUT2D eigenvalue weighted by Gasteiger charge is -2.53. The van der Waals surface area contributed by atoms with Crippen LogP contribution in [0.1, 0.15) is 13.8 Å². The van der Waals surface area contributed by atoms with Gasteiger partial charge >= 0.3 is 0 Å². The highest BCUT2D eigenvalue weighted by atomic mass is 28.3. The van der Waals surface area contributed by atoms with Crippen molar-refractivity contribution in [3.8, 4) is 0 Å². The van der Waals surface area contributed by atoms with E-state index in [1.54, 1.807) is 0 Å². The Balaban J connectivity index is 2.74. The van der Waals surface area contributed by atoms with E-state index in [0.717, 1.165) is 0 Å². The van der Waals surface area contributed by atoms with Gasteiger partial charge in [0.2, 0.25) is 5.72 Å². The van der Waals surface area contributed by atoms with Crippen molar-refractivity contribution in [2.75, 3.05) is 13.7 Å². The Kier molecular flexibility index (Phi) is 2.77. The van der Waals surface area contributed by atoms with Gasteiger partial charge in [0.15, 0.2) is 8.24 Å². The van der Waals surface area contributed by atoms with Gasteiger partial charge in [-0.1, -0.05) is 26.9 Å². The first-order valence-corrected chi connectivity index (χ1v) is 7.94. The van der Waals surface area contributed by atoms with Crippen LogP contribution in [0.2, 0.25) is 18.6 Å². The summed E-state index contributed by atoms with van der Waals surface area (Å²) in [4.78, 5) is 11.8. The van der Waals surface area contributed by atoms with Gasteiger partial charge in [-0.15, -0.1) is 0 Å². The summed E-state index contributed by atoms with van der Waals surface area (Å²) in [6.07, 6.45) is 0. The van der Waals surface area contributed by atoms with E-state index in [2.05, 4.69) is 26.9 Å². The largest absolute Gasteiger partial charge is 0.361 e. The molecule has 0 aromatic heterocycles. The van der Waals surface area contributed by atoms with Crippen molar-refractivity contribution in [2.45, 2.75) is 38.2 Å². The lowest BCUT2D eigenvalue weighted by Crippen LogP contribution is -2.78. The van der Waals surface area contributed by atoms with E-state index in [1.165, 1.54) is 7.11 Å². The van der Waals surface area contributed by atoms with Crippen LogP contribution in [-0.4, -0.2) is 38.1 Å². The summed E-state index contributed by atoms with van der Waals surface area (Å²) in [6, 6.07) is 0. The predicted molar refractivity (Wildman–Crippen MR) is 58.2 cm³/mol. The topological polar surface area (TPSA) is 55.6 Å². The van der Waals surface area contributed by atoms with Crippen LogP contribution in [0, 0.1) is 0 Å². The molecule has 1 unspecified atom stereocenters. The Labute approximate surface area is 86.5 Å². The van der Waals surface area contributed by atoms with Gasteiger partial charge in [0.25, 0.3) is 5.91 Å². The van der Waals surface area contributed by atoms with E-state index in [1.807, 2.05) is 4.57 Å². The normalized spacial score (nSPS) is 28.2. The summed E-state index contributed by atoms with van der Waals surface area (Å²) >= 11 is 0. The van der Waals surface area contributed by atoms with Gasteiger partial charge < -0.3 is 9.30 Å². The molecule has 0 aromatic rings. The minimum absolute atomic E-state index is 0.0506. The standard InChI is InChI=1S/C9H20N2O2Si/c1-7(2)14(4,5)11-6-9(10,13-3)8(11)12/h7H,6,10H2,1-5H3. The number of nitrogens with two attached hydrogens (primary N) is 1. The first-order chi connectivity index (χ1) is 6.25. The van der Waals surface area contributed by atoms with Crippen LogP contribution in [0.15, 0.2) is 0 Å². The number of hydrogen-bond donors (Lipinski definition) is 1. The predicted octanol–water partition coefficient (Wildman–Crippen LogP) is 0.745. The van der Waals surface area contributed by atoms with E-state index in [0.29, 0.717) is 12.1 Å². The second-order valence-corrected chi connectivity index (χ2v) is 9.80. The number of β-lactam (4-membered cyclic amide) rings is 1. The maximum Gasteiger partial charge on any atom is 0.264 e. The molecule has 82 valence electrons. The van der Waals surface area contributed by atoms with E-state index >= 15 is 0 Å². The highest BCUT2D eigenvalue weighted by Crippen LogP contribution is 2.33. The van der Waals surface area contributed by atoms with E-state index in [4.69, 9.17) is 10.5 Å². The van der Waals surface area contributed by atoms with Crippen LogP contribution in [0.25, 0.3) is 0 Å². The summed E-state index contributed by atoms with van der Waals surface area (Å²) in [5, 5.41) is 0. The molecule has 0 spiro atoms. The maximum atomic E-state index is 11.8. The Bertz CT molecular complexity index is 255. The fourth-order valence-electron chi connectivity index (χ4n) is 1.44. The maximum absolute atomic E-state index is 11.8. The number of rotatable bonds is 3. The molecule has 0 aromatic carbocycles. The molecule has 0 aliphatic carbocycles. The number of carbonyl (C=O) groups is 1. The number of nitrogens with zero attached hydrogens (tertiary/aromatic N) is 1. The zero-order valence-electron chi connectivity index (χ0n) is 9.63. The average molecular weight is 216 g/mol. The van der Waals surface area contributed by atoms with Crippen LogP contribution < -0.4 is 5.73 Å². The summed E-state index contributed by atoms with van der Waals surface area (Å²) in [5.41, 5.74) is 5.23. The first kappa shape index (κ1) is 11.7. The van der Waals surface area contributed by atoms with Crippen molar-refractivity contribution in [3.05, 3.63) is 0 Å². The molecule has 2 N–H and O–H groups in total. The molecular weight excluding hydrogens is 196 g/mol. The first-order valence-electron chi connectivity index (χ1n) is 4.92. The monoisotopic (exact) mass is 216 g/mol.